The molecule has 0 aliphatic heterocycles. The molecule has 1 heterocycles. The highest BCUT2D eigenvalue weighted by Crippen LogP contribution is 2.23. The normalized spacial score (nSPS) is 10.2. The molecule has 1 aromatic carbocycles. The Bertz CT molecular complexity index is 786. The average molecular weight is 376 g/mol. The van der Waals surface area contributed by atoms with Crippen molar-refractivity contribution in [2.75, 3.05) is 18.1 Å². The van der Waals surface area contributed by atoms with Crippen LogP contribution in [0.4, 0.5) is 0 Å². The van der Waals surface area contributed by atoms with E-state index in [4.69, 9.17) is 10.4 Å². The van der Waals surface area contributed by atoms with Crippen LogP contribution in [0.15, 0.2) is 30.5 Å². The number of aliphatic carboxylic acids is 1. The van der Waals surface area contributed by atoms with Gasteiger partial charge in [0.25, 0.3) is 5.91 Å². The topological polar surface area (TPSA) is 119 Å². The molecule has 1 aromatic heterocycles. The zero-order valence-corrected chi connectivity index (χ0v) is 14.8. The maximum atomic E-state index is 12.3. The van der Waals surface area contributed by atoms with E-state index in [1.807, 2.05) is 0 Å². The van der Waals surface area contributed by atoms with Crippen LogP contribution in [0.2, 0.25) is 0 Å². The summed E-state index contributed by atoms with van der Waals surface area (Å²) in [6, 6.07) is 9.01. The molecule has 0 saturated heterocycles. The number of nitrogens with one attached hydrogen (secondary N) is 2. The summed E-state index contributed by atoms with van der Waals surface area (Å²) in [5.41, 5.74) is 2.21. The van der Waals surface area contributed by atoms with E-state index in [1.54, 1.807) is 24.3 Å². The van der Waals surface area contributed by atoms with Gasteiger partial charge in [-0.2, -0.15) is 10.4 Å². The Morgan fingerprint density at radius 2 is 2.12 bits per heavy atom. The molecule has 0 radical (unpaired) electrons. The number of hydrogen-bond donors (Lipinski definition) is 3. The summed E-state index contributed by atoms with van der Waals surface area (Å²) in [4.78, 5) is 22.7. The monoisotopic (exact) mass is 376 g/mol. The van der Waals surface area contributed by atoms with Crippen LogP contribution in [-0.4, -0.2) is 45.2 Å². The molecule has 0 spiro atoms. The second kappa shape index (κ2) is 9.76. The summed E-state index contributed by atoms with van der Waals surface area (Å²) in [6.07, 6.45) is 1.59. The number of nitrogens with zero attached hydrogens (tertiary/aromatic N) is 2. The quantitative estimate of drug-likeness (QED) is 0.454. The first-order valence-electron chi connectivity index (χ1n) is 7.40. The zero-order valence-electron chi connectivity index (χ0n) is 13.2. The SMILES string of the molecule is N#Cc1cccc(-c2[nH]ncc2C(=O)NCCSSCCC(=O)O)c1. The van der Waals surface area contributed by atoms with Crippen molar-refractivity contribution in [3.8, 4) is 17.3 Å². The number of rotatable bonds is 9. The predicted octanol–water partition coefficient (Wildman–Crippen LogP) is 2.53. The van der Waals surface area contributed by atoms with Gasteiger partial charge in [0.05, 0.1) is 35.5 Å². The fourth-order valence-corrected chi connectivity index (χ4v) is 3.86. The second-order valence-electron chi connectivity index (χ2n) is 4.89. The maximum absolute atomic E-state index is 12.3. The molecule has 2 aromatic rings. The third kappa shape index (κ3) is 5.85. The van der Waals surface area contributed by atoms with Gasteiger partial charge in [-0.15, -0.1) is 0 Å². The first kappa shape index (κ1) is 18.9. The summed E-state index contributed by atoms with van der Waals surface area (Å²) in [7, 11) is 2.99. The van der Waals surface area contributed by atoms with Crippen molar-refractivity contribution in [1.82, 2.24) is 15.5 Å². The summed E-state index contributed by atoms with van der Waals surface area (Å²) in [5.74, 6) is 0.152. The number of carbonyl (C=O) groups excluding carboxylic acids is 1. The van der Waals surface area contributed by atoms with Crippen molar-refractivity contribution in [1.29, 1.82) is 5.26 Å². The van der Waals surface area contributed by atoms with E-state index >= 15 is 0 Å². The Kier molecular flexibility index (Phi) is 7.37. The molecule has 0 fully saturated rings. The number of nitriles is 1. The van der Waals surface area contributed by atoms with Crippen LogP contribution in [0.25, 0.3) is 11.3 Å². The number of carboxylic acid groups (broad SMARTS) is 1. The fourth-order valence-electron chi connectivity index (χ4n) is 1.97. The first-order valence-corrected chi connectivity index (χ1v) is 9.89. The van der Waals surface area contributed by atoms with E-state index in [0.717, 1.165) is 5.56 Å². The van der Waals surface area contributed by atoms with Gasteiger partial charge in [0.1, 0.15) is 0 Å². The predicted molar refractivity (Wildman–Crippen MR) is 98.2 cm³/mol. The molecule has 0 saturated carbocycles. The Morgan fingerprint density at radius 3 is 2.88 bits per heavy atom. The zero-order chi connectivity index (χ0) is 18.1. The number of aromatic nitrogens is 2. The molecule has 0 atom stereocenters. The molecule has 2 rings (SSSR count). The van der Waals surface area contributed by atoms with E-state index in [2.05, 4.69) is 21.6 Å². The minimum Gasteiger partial charge on any atom is -0.481 e. The highest BCUT2D eigenvalue weighted by Gasteiger charge is 2.15. The number of aromatic amines is 1. The van der Waals surface area contributed by atoms with Crippen LogP contribution in [0.5, 0.6) is 0 Å². The molecule has 0 unspecified atom stereocenters. The lowest BCUT2D eigenvalue weighted by molar-refractivity contribution is -0.136. The van der Waals surface area contributed by atoms with Crippen molar-refractivity contribution in [3.63, 3.8) is 0 Å². The molecule has 0 aliphatic rings. The van der Waals surface area contributed by atoms with E-state index in [9.17, 15) is 9.59 Å². The van der Waals surface area contributed by atoms with Crippen molar-refractivity contribution in [3.05, 3.63) is 41.6 Å². The van der Waals surface area contributed by atoms with Crippen molar-refractivity contribution in [2.24, 2.45) is 0 Å². The molecule has 0 bridgehead atoms. The minimum absolute atomic E-state index is 0.129. The molecule has 0 aliphatic carbocycles. The fraction of sp³-hybridized carbons (Fsp3) is 0.250. The largest absolute Gasteiger partial charge is 0.481 e. The lowest BCUT2D eigenvalue weighted by Crippen LogP contribution is -2.25. The van der Waals surface area contributed by atoms with Gasteiger partial charge >= 0.3 is 5.97 Å². The number of benzene rings is 1. The minimum atomic E-state index is -0.811. The first-order chi connectivity index (χ1) is 12.1. The lowest BCUT2D eigenvalue weighted by Gasteiger charge is -2.06. The highest BCUT2D eigenvalue weighted by molar-refractivity contribution is 8.76. The van der Waals surface area contributed by atoms with Gasteiger partial charge in [-0.3, -0.25) is 14.7 Å². The van der Waals surface area contributed by atoms with Gasteiger partial charge in [-0.1, -0.05) is 33.7 Å². The Hall–Kier alpha value is -2.44. The number of carbonyl (C=O) groups is 2. The maximum Gasteiger partial charge on any atom is 0.304 e. The number of amides is 1. The molecule has 130 valence electrons. The van der Waals surface area contributed by atoms with Crippen molar-refractivity contribution >= 4 is 33.5 Å². The second-order valence-corrected chi connectivity index (χ2v) is 7.60. The summed E-state index contributed by atoms with van der Waals surface area (Å²) in [5, 5.41) is 27.1. The molecule has 7 nitrogen and oxygen atoms in total. The summed E-state index contributed by atoms with van der Waals surface area (Å²) in [6.45, 7) is 0.465. The molecular weight excluding hydrogens is 360 g/mol. The van der Waals surface area contributed by atoms with Gasteiger partial charge in [0, 0.05) is 23.6 Å². The molecule has 9 heteroatoms. The molecule has 1 amide bonds. The molecular formula is C16H16N4O3S2. The van der Waals surface area contributed by atoms with E-state index < -0.39 is 5.97 Å². The lowest BCUT2D eigenvalue weighted by atomic mass is 10.1. The van der Waals surface area contributed by atoms with Crippen LogP contribution in [0.1, 0.15) is 22.3 Å². The van der Waals surface area contributed by atoms with Gasteiger partial charge in [0.2, 0.25) is 0 Å². The van der Waals surface area contributed by atoms with E-state index in [-0.39, 0.29) is 12.3 Å². The smallest absolute Gasteiger partial charge is 0.304 e. The molecule has 3 N–H and O–H groups in total. The van der Waals surface area contributed by atoms with Crippen molar-refractivity contribution in [2.45, 2.75) is 6.42 Å². The van der Waals surface area contributed by atoms with Crippen LogP contribution >= 0.6 is 21.6 Å². The van der Waals surface area contributed by atoms with Gasteiger partial charge in [-0.25, -0.2) is 0 Å². The van der Waals surface area contributed by atoms with Gasteiger partial charge in [-0.05, 0) is 12.1 Å². The third-order valence-electron chi connectivity index (χ3n) is 3.12. The number of H-pyrrole nitrogens is 1. The average Bonchev–Trinajstić information content (AvgIpc) is 3.10. The van der Waals surface area contributed by atoms with Crippen LogP contribution < -0.4 is 5.32 Å². The van der Waals surface area contributed by atoms with Crippen LogP contribution in [0, 0.1) is 11.3 Å². The van der Waals surface area contributed by atoms with Gasteiger partial charge in [0.15, 0.2) is 0 Å². The number of hydrogen-bond acceptors (Lipinski definition) is 6. The third-order valence-corrected chi connectivity index (χ3v) is 5.53. The summed E-state index contributed by atoms with van der Waals surface area (Å²) < 4.78 is 0. The highest BCUT2D eigenvalue weighted by atomic mass is 33.1. The number of carboxylic acids is 1. The summed E-state index contributed by atoms with van der Waals surface area (Å²) >= 11 is 0. The van der Waals surface area contributed by atoms with E-state index in [0.29, 0.717) is 34.9 Å². The Balaban J connectivity index is 1.86. The van der Waals surface area contributed by atoms with Crippen molar-refractivity contribution < 1.29 is 14.7 Å². The molecule has 25 heavy (non-hydrogen) atoms. The Morgan fingerprint density at radius 1 is 1.32 bits per heavy atom. The van der Waals surface area contributed by atoms with Crippen LogP contribution in [-0.2, 0) is 4.79 Å². The van der Waals surface area contributed by atoms with E-state index in [1.165, 1.54) is 27.8 Å². The van der Waals surface area contributed by atoms with Crippen LogP contribution in [0.3, 0.4) is 0 Å². The standard InChI is InChI=1S/C16H16N4O3S2/c17-9-11-2-1-3-12(8-11)15-13(10-19-20-15)16(23)18-5-7-25-24-6-4-14(21)22/h1-3,8,10H,4-7H2,(H,18,23)(H,19,20)(H,21,22). The van der Waals surface area contributed by atoms with Gasteiger partial charge < -0.3 is 10.4 Å². The Labute approximate surface area is 152 Å².